The van der Waals surface area contributed by atoms with Gasteiger partial charge in [-0.25, -0.2) is 6.07 Å². The first-order chi connectivity index (χ1) is 10.6. The summed E-state index contributed by atoms with van der Waals surface area (Å²) in [7, 11) is 18.2. The van der Waals surface area contributed by atoms with Crippen LogP contribution in [0.15, 0.2) is 29.2 Å². The van der Waals surface area contributed by atoms with Gasteiger partial charge in [0.25, 0.3) is 0 Å². The maximum atomic E-state index is 4.76. The summed E-state index contributed by atoms with van der Waals surface area (Å²) < 4.78 is 0. The molecule has 4 nitrogen and oxygen atoms in total. The van der Waals surface area contributed by atoms with Crippen molar-refractivity contribution in [2.45, 2.75) is 4.90 Å². The third-order valence-corrected chi connectivity index (χ3v) is 2.86. The molecule has 8 heteroatoms. The van der Waals surface area contributed by atoms with Crippen LogP contribution in [0.3, 0.4) is 0 Å². The molecule has 0 aliphatic heterocycles. The fourth-order valence-corrected chi connectivity index (χ4v) is 1.29. The Hall–Kier alpha value is 1.07. The van der Waals surface area contributed by atoms with Crippen molar-refractivity contribution in [3.05, 3.63) is 37.4 Å². The second-order valence-electron chi connectivity index (χ2n) is 6.22. The Kier molecular flexibility index (Phi) is 37.9. The molecule has 1 aromatic carbocycles. The van der Waals surface area contributed by atoms with Gasteiger partial charge in [-0.15, -0.1) is 0 Å². The van der Waals surface area contributed by atoms with Crippen molar-refractivity contribution < 1.29 is 56.6 Å². The average Bonchev–Trinajstić information content (AvgIpc) is 2.45. The maximum Gasteiger partial charge on any atom is 1.00 e. The van der Waals surface area contributed by atoms with Crippen molar-refractivity contribution >= 4 is 12.6 Å². The molecule has 0 radical (unpaired) electrons. The summed E-state index contributed by atoms with van der Waals surface area (Å²) in [5, 5.41) is 0. The first kappa shape index (κ1) is 37.8. The van der Waals surface area contributed by atoms with Crippen LogP contribution in [0, 0.1) is 13.1 Å². The fraction of sp³-hybridized carbons (Fsp3) is 0.611. The van der Waals surface area contributed by atoms with Crippen LogP contribution >= 0.6 is 0 Å². The van der Waals surface area contributed by atoms with Crippen molar-refractivity contribution in [1.29, 1.82) is 0 Å². The Labute approximate surface area is 205 Å². The van der Waals surface area contributed by atoms with Crippen LogP contribution < -0.4 is 56.6 Å². The van der Waals surface area contributed by atoms with Crippen molar-refractivity contribution in [1.82, 2.24) is 19.6 Å². The summed E-state index contributed by atoms with van der Waals surface area (Å²) in [6.45, 7) is 4.41. The largest absolute Gasteiger partial charge is 1.00 e. The van der Waals surface area contributed by atoms with Gasteiger partial charge in [0.05, 0.1) is 0 Å². The summed E-state index contributed by atoms with van der Waals surface area (Å²) in [6.07, 6.45) is 0. The van der Waals surface area contributed by atoms with Gasteiger partial charge in [0, 0.05) is 19.6 Å². The van der Waals surface area contributed by atoms with E-state index in [0.717, 1.165) is 31.1 Å². The molecule has 0 aromatic heterocycles. The van der Waals surface area contributed by atoms with Gasteiger partial charge in [-0.3, -0.25) is 11.9 Å². The zero-order valence-electron chi connectivity index (χ0n) is 19.0. The number of nitrogens with zero attached hydrogens (tertiary/aromatic N) is 4. The Morgan fingerprint density at radius 2 is 1.15 bits per heavy atom. The van der Waals surface area contributed by atoms with Gasteiger partial charge >= 0.3 is 56.6 Å². The van der Waals surface area contributed by atoms with Crippen LogP contribution in [-0.4, -0.2) is 95.1 Å². The molecule has 0 bridgehead atoms. The van der Waals surface area contributed by atoms with Crippen LogP contribution in [0.25, 0.3) is 0 Å². The minimum atomic E-state index is 0. The smallest absolute Gasteiger partial charge is 0.806 e. The molecule has 1 rings (SSSR count). The number of hydrogen-bond acceptors (Lipinski definition) is 5. The van der Waals surface area contributed by atoms with E-state index in [2.05, 4.69) is 70.1 Å². The van der Waals surface area contributed by atoms with Crippen molar-refractivity contribution in [2.24, 2.45) is 0 Å². The Balaban J connectivity index is -0.0000000802. The first-order valence-corrected chi connectivity index (χ1v) is 8.15. The molecule has 0 heterocycles. The molecule has 136 valence electrons. The SMILES string of the molecule is CN(C)CCN(C)C.[CH2-]N(C)CCN(C)C.[Li+].[Li+].[Li+].[S-]c1[c-]cccc1. The predicted molar refractivity (Wildman–Crippen MR) is 105 cm³/mol. The standard InChI is InChI=1S/C6H16N2.C6H15N2.C6H5S.3Li/c2*1-7(2)5-6-8(3)4;7-6-4-2-1-3-5-6;;;/h5-6H2,1-4H3;1,5-6H2,2-4H3;1-4,7H;;;/q;2*-1;3*+1/p-1. The number of hydrogen-bond donors (Lipinski definition) is 0. The Morgan fingerprint density at radius 3 is 1.31 bits per heavy atom. The second-order valence-corrected chi connectivity index (χ2v) is 6.66. The second kappa shape index (κ2) is 26.1. The molecule has 0 spiro atoms. The van der Waals surface area contributed by atoms with Crippen LogP contribution in [-0.2, 0) is 12.6 Å². The van der Waals surface area contributed by atoms with E-state index in [1.54, 1.807) is 0 Å². The zero-order chi connectivity index (χ0) is 18.3. The molecule has 0 saturated carbocycles. The van der Waals surface area contributed by atoms with Gasteiger partial charge in [0.15, 0.2) is 0 Å². The molecule has 0 aliphatic rings. The summed E-state index contributed by atoms with van der Waals surface area (Å²) >= 11 is 4.76. The van der Waals surface area contributed by atoms with Crippen molar-refractivity contribution in [3.8, 4) is 0 Å². The monoisotopic (exact) mass is 360 g/mol. The van der Waals surface area contributed by atoms with Crippen LogP contribution in [0.5, 0.6) is 0 Å². The van der Waals surface area contributed by atoms with Gasteiger partial charge in [0.1, 0.15) is 0 Å². The van der Waals surface area contributed by atoms with Gasteiger partial charge < -0.3 is 32.2 Å². The minimum absolute atomic E-state index is 0. The van der Waals surface area contributed by atoms with E-state index in [4.69, 9.17) is 12.6 Å². The molecule has 0 N–H and O–H groups in total. The Morgan fingerprint density at radius 1 is 0.769 bits per heavy atom. The maximum absolute atomic E-state index is 4.76. The summed E-state index contributed by atoms with van der Waals surface area (Å²) in [5.74, 6) is 0. The summed E-state index contributed by atoms with van der Waals surface area (Å²) in [6, 6.07) is 10.3. The third kappa shape index (κ3) is 39.9. The van der Waals surface area contributed by atoms with Crippen LogP contribution in [0.1, 0.15) is 0 Å². The quantitative estimate of drug-likeness (QED) is 0.283. The van der Waals surface area contributed by atoms with Gasteiger partial charge in [-0.2, -0.15) is 24.3 Å². The molecule has 0 atom stereocenters. The van der Waals surface area contributed by atoms with Crippen molar-refractivity contribution in [2.75, 3.05) is 75.5 Å². The number of likely N-dealkylation sites (N-methyl/N-ethyl adjacent to an activating group) is 4. The average molecular weight is 360 g/mol. The van der Waals surface area contributed by atoms with Gasteiger partial charge in [-0.05, 0) is 55.9 Å². The Bertz CT molecular complexity index is 322. The van der Waals surface area contributed by atoms with Gasteiger partial charge in [-0.1, -0.05) is 0 Å². The molecule has 1 aromatic rings. The molecule has 26 heavy (non-hydrogen) atoms. The zero-order valence-corrected chi connectivity index (χ0v) is 19.9. The van der Waals surface area contributed by atoms with Crippen molar-refractivity contribution in [3.63, 3.8) is 0 Å². The van der Waals surface area contributed by atoms with Crippen LogP contribution in [0.4, 0.5) is 0 Å². The summed E-state index contributed by atoms with van der Waals surface area (Å²) in [4.78, 5) is 9.21. The topological polar surface area (TPSA) is 13.0 Å². The molecular weight excluding hydrogens is 325 g/mol. The van der Waals surface area contributed by atoms with E-state index < -0.39 is 0 Å². The first-order valence-electron chi connectivity index (χ1n) is 7.74. The van der Waals surface area contributed by atoms with E-state index >= 15 is 0 Å². The molecule has 0 saturated heterocycles. The van der Waals surface area contributed by atoms with E-state index in [-0.39, 0.29) is 56.6 Å². The van der Waals surface area contributed by atoms with E-state index in [1.807, 2.05) is 36.2 Å². The molecule has 0 unspecified atom stereocenters. The molecular formula is C18H35Li3N4S. The third-order valence-electron chi connectivity index (χ3n) is 2.60. The molecule has 0 aliphatic carbocycles. The predicted octanol–water partition coefficient (Wildman–Crippen LogP) is -7.21. The van der Waals surface area contributed by atoms with E-state index in [0.29, 0.717) is 0 Å². The fourth-order valence-electron chi connectivity index (χ4n) is 1.15. The number of rotatable bonds is 6. The number of benzene rings is 1. The van der Waals surface area contributed by atoms with E-state index in [1.165, 1.54) is 0 Å². The van der Waals surface area contributed by atoms with E-state index in [9.17, 15) is 0 Å². The molecule has 0 fully saturated rings. The van der Waals surface area contributed by atoms with Gasteiger partial charge in [0.2, 0.25) is 0 Å². The van der Waals surface area contributed by atoms with Crippen LogP contribution in [0.2, 0.25) is 0 Å². The summed E-state index contributed by atoms with van der Waals surface area (Å²) in [5.41, 5.74) is 0. The molecule has 0 amide bonds. The normalized spacial score (nSPS) is 9.23. The minimum Gasteiger partial charge on any atom is -0.806 e.